The van der Waals surface area contributed by atoms with E-state index >= 15 is 0 Å². The fourth-order valence-corrected chi connectivity index (χ4v) is 4.69. The molecule has 8 heteroatoms. The molecule has 0 bridgehead atoms. The van der Waals surface area contributed by atoms with Gasteiger partial charge >= 0.3 is 0 Å². The van der Waals surface area contributed by atoms with Gasteiger partial charge in [0, 0.05) is 13.0 Å². The standard InChI is InChI=1S/C28H42N4O4/c1-31(2,21-12-9-18-30-26(33)16-23-36-30)19-10-5-6-11-20-32(3,4)22-13-17-29-27(34)24-14-7-8-15-25(24)28(29)35/h7-8,14-15H,5-6,10-11,13,16-23H2,1-4H3/q+2. The molecule has 0 aliphatic carbocycles. The second-order valence-electron chi connectivity index (χ2n) is 11.1. The first-order valence-corrected chi connectivity index (χ1v) is 13.1. The molecular weight excluding hydrogens is 456 g/mol. The number of rotatable bonds is 13. The largest absolute Gasteiger partial charge is 0.328 e. The van der Waals surface area contributed by atoms with Gasteiger partial charge in [0.2, 0.25) is 5.91 Å². The Morgan fingerprint density at radius 2 is 1.39 bits per heavy atom. The maximum atomic E-state index is 12.5. The van der Waals surface area contributed by atoms with Gasteiger partial charge in [0.15, 0.2) is 0 Å². The quantitative estimate of drug-likeness (QED) is 0.181. The van der Waals surface area contributed by atoms with E-state index in [1.165, 1.54) is 22.8 Å². The van der Waals surface area contributed by atoms with Gasteiger partial charge in [0.1, 0.15) is 13.1 Å². The molecule has 1 fully saturated rings. The number of quaternary nitrogens is 2. The number of benzene rings is 1. The predicted octanol–water partition coefficient (Wildman–Crippen LogP) is 2.55. The summed E-state index contributed by atoms with van der Waals surface area (Å²) in [5.74, 6) is 5.94. The minimum absolute atomic E-state index is 0.0163. The molecular formula is C28H42N4O4+2. The van der Waals surface area contributed by atoms with E-state index in [1.807, 2.05) is 0 Å². The van der Waals surface area contributed by atoms with Crippen molar-refractivity contribution >= 4 is 17.7 Å². The lowest BCUT2D eigenvalue weighted by molar-refractivity contribution is -0.890. The highest BCUT2D eigenvalue weighted by Gasteiger charge is 2.35. The van der Waals surface area contributed by atoms with Crippen LogP contribution in [-0.2, 0) is 9.63 Å². The molecule has 196 valence electrons. The monoisotopic (exact) mass is 498 g/mol. The highest BCUT2D eigenvalue weighted by Crippen LogP contribution is 2.22. The zero-order valence-electron chi connectivity index (χ0n) is 22.4. The van der Waals surface area contributed by atoms with E-state index in [4.69, 9.17) is 4.84 Å². The lowest BCUT2D eigenvalue weighted by atomic mass is 10.1. The summed E-state index contributed by atoms with van der Waals surface area (Å²) in [6.07, 6.45) is 5.98. The Morgan fingerprint density at radius 1 is 0.806 bits per heavy atom. The molecule has 2 aliphatic heterocycles. The Balaban J connectivity index is 1.26. The topological polar surface area (TPSA) is 66.9 Å². The number of hydrogen-bond acceptors (Lipinski definition) is 4. The van der Waals surface area contributed by atoms with Crippen LogP contribution in [-0.4, -0.2) is 111 Å². The Bertz CT molecular complexity index is 973. The summed E-state index contributed by atoms with van der Waals surface area (Å²) in [5, 5.41) is 1.36. The van der Waals surface area contributed by atoms with Crippen molar-refractivity contribution in [1.29, 1.82) is 0 Å². The molecule has 0 aromatic heterocycles. The van der Waals surface area contributed by atoms with Crippen LogP contribution in [0.25, 0.3) is 0 Å². The van der Waals surface area contributed by atoms with Crippen molar-refractivity contribution in [2.45, 2.75) is 38.5 Å². The third-order valence-corrected chi connectivity index (χ3v) is 7.00. The molecule has 8 nitrogen and oxygen atoms in total. The molecule has 1 aromatic rings. The number of hydroxylamine groups is 2. The van der Waals surface area contributed by atoms with Crippen LogP contribution in [0.3, 0.4) is 0 Å². The second kappa shape index (κ2) is 12.5. The average Bonchev–Trinajstić information content (AvgIpc) is 3.35. The van der Waals surface area contributed by atoms with Gasteiger partial charge in [-0.1, -0.05) is 18.1 Å². The maximum absolute atomic E-state index is 12.5. The Kier molecular flexibility index (Phi) is 9.66. The van der Waals surface area contributed by atoms with Crippen molar-refractivity contribution in [1.82, 2.24) is 9.96 Å². The van der Waals surface area contributed by atoms with Gasteiger partial charge < -0.3 is 8.97 Å². The van der Waals surface area contributed by atoms with Crippen LogP contribution in [0.1, 0.15) is 59.2 Å². The number of carbonyl (C=O) groups excluding carboxylic acids is 3. The summed E-state index contributed by atoms with van der Waals surface area (Å²) >= 11 is 0. The van der Waals surface area contributed by atoms with Crippen LogP contribution in [0, 0.1) is 11.8 Å². The first-order chi connectivity index (χ1) is 17.1. The van der Waals surface area contributed by atoms with Crippen molar-refractivity contribution in [3.63, 3.8) is 0 Å². The van der Waals surface area contributed by atoms with E-state index < -0.39 is 0 Å². The minimum Gasteiger partial charge on any atom is -0.328 e. The number of imide groups is 1. The molecule has 1 aromatic carbocycles. The molecule has 2 aliphatic rings. The smallest absolute Gasteiger partial charge is 0.261 e. The molecule has 36 heavy (non-hydrogen) atoms. The number of carbonyl (C=O) groups is 3. The maximum Gasteiger partial charge on any atom is 0.261 e. The predicted molar refractivity (Wildman–Crippen MR) is 139 cm³/mol. The third kappa shape index (κ3) is 7.89. The van der Waals surface area contributed by atoms with Crippen molar-refractivity contribution in [3.05, 3.63) is 35.4 Å². The van der Waals surface area contributed by atoms with Crippen LogP contribution >= 0.6 is 0 Å². The van der Waals surface area contributed by atoms with Crippen molar-refractivity contribution < 1.29 is 28.2 Å². The summed E-state index contributed by atoms with van der Waals surface area (Å²) < 4.78 is 1.74. The Morgan fingerprint density at radius 3 is 1.97 bits per heavy atom. The highest BCUT2D eigenvalue weighted by molar-refractivity contribution is 6.21. The molecule has 0 unspecified atom stereocenters. The fourth-order valence-electron chi connectivity index (χ4n) is 4.69. The summed E-state index contributed by atoms with van der Waals surface area (Å²) in [6, 6.07) is 7.07. The van der Waals surface area contributed by atoms with Gasteiger partial charge in [-0.05, 0) is 43.7 Å². The zero-order valence-corrected chi connectivity index (χ0v) is 22.4. The van der Waals surface area contributed by atoms with Crippen LogP contribution < -0.4 is 0 Å². The number of unbranched alkanes of at least 4 members (excludes halogenated alkanes) is 3. The van der Waals surface area contributed by atoms with E-state index in [0.717, 1.165) is 54.4 Å². The minimum atomic E-state index is -0.163. The van der Waals surface area contributed by atoms with Gasteiger partial charge in [-0.3, -0.25) is 24.1 Å². The fraction of sp³-hybridized carbons (Fsp3) is 0.607. The van der Waals surface area contributed by atoms with E-state index in [1.54, 1.807) is 24.3 Å². The number of nitrogens with zero attached hydrogens (tertiary/aromatic N) is 4. The molecule has 0 spiro atoms. The molecule has 0 saturated carbocycles. The molecule has 2 heterocycles. The Hall–Kier alpha value is -2.73. The first kappa shape index (κ1) is 27.9. The molecule has 0 atom stereocenters. The summed E-state index contributed by atoms with van der Waals surface area (Å²) in [5.41, 5.74) is 1.05. The van der Waals surface area contributed by atoms with E-state index in [0.29, 0.717) is 37.2 Å². The van der Waals surface area contributed by atoms with E-state index in [2.05, 4.69) is 40.0 Å². The number of hydrogen-bond donors (Lipinski definition) is 0. The average molecular weight is 499 g/mol. The first-order valence-electron chi connectivity index (χ1n) is 13.1. The Labute approximate surface area is 215 Å². The van der Waals surface area contributed by atoms with Crippen LogP contribution in [0.5, 0.6) is 0 Å². The third-order valence-electron chi connectivity index (χ3n) is 7.00. The van der Waals surface area contributed by atoms with Gasteiger partial charge in [0.05, 0.1) is 72.0 Å². The summed E-state index contributed by atoms with van der Waals surface area (Å²) in [4.78, 5) is 43.2. The summed E-state index contributed by atoms with van der Waals surface area (Å²) in [7, 11) is 8.84. The SMILES string of the molecule is C[N+](C)(CC#CCN1OCCC1=O)CCCCCC[N+](C)(C)CCCN1C(=O)c2ccccc2C1=O. The van der Waals surface area contributed by atoms with E-state index in [9.17, 15) is 14.4 Å². The number of fused-ring (bicyclic) bond motifs is 1. The summed E-state index contributed by atoms with van der Waals surface area (Å²) in [6.45, 7) is 5.16. The van der Waals surface area contributed by atoms with Gasteiger partial charge in [-0.15, -0.1) is 0 Å². The van der Waals surface area contributed by atoms with Gasteiger partial charge in [-0.25, -0.2) is 5.06 Å². The lowest BCUT2D eigenvalue weighted by Crippen LogP contribution is -2.43. The van der Waals surface area contributed by atoms with Crippen molar-refractivity contribution in [2.75, 3.05) is 74.1 Å². The van der Waals surface area contributed by atoms with Crippen LogP contribution in [0.15, 0.2) is 24.3 Å². The second-order valence-corrected chi connectivity index (χ2v) is 11.1. The van der Waals surface area contributed by atoms with Gasteiger partial charge in [-0.2, -0.15) is 0 Å². The number of amides is 3. The molecule has 0 N–H and O–H groups in total. The van der Waals surface area contributed by atoms with Crippen molar-refractivity contribution in [3.8, 4) is 11.8 Å². The normalized spacial score (nSPS) is 15.9. The van der Waals surface area contributed by atoms with Crippen molar-refractivity contribution in [2.24, 2.45) is 0 Å². The zero-order chi connectivity index (χ0) is 26.2. The molecule has 3 rings (SSSR count). The molecule has 3 amide bonds. The van der Waals surface area contributed by atoms with Crippen LogP contribution in [0.2, 0.25) is 0 Å². The highest BCUT2D eigenvalue weighted by atomic mass is 16.7. The molecule has 0 radical (unpaired) electrons. The van der Waals surface area contributed by atoms with E-state index in [-0.39, 0.29) is 17.7 Å². The van der Waals surface area contributed by atoms with Crippen LogP contribution in [0.4, 0.5) is 0 Å². The van der Waals surface area contributed by atoms with Gasteiger partial charge in [0.25, 0.3) is 11.8 Å². The molecule has 1 saturated heterocycles. The lowest BCUT2D eigenvalue weighted by Gasteiger charge is -2.30.